The number of nitrogens with one attached hydrogen (secondary N) is 1. The Morgan fingerprint density at radius 2 is 1.61 bits per heavy atom. The molecule has 10 nitrogen and oxygen atoms in total. The zero-order valence-corrected chi connectivity index (χ0v) is 26.7. The Labute approximate surface area is 271 Å². The summed E-state index contributed by atoms with van der Waals surface area (Å²) in [5.41, 5.74) is 2.88. The first-order chi connectivity index (χ1) is 22.4. The number of anilines is 2. The largest absolute Gasteiger partial charge is 0.494 e. The fourth-order valence-corrected chi connectivity index (χ4v) is 5.90. The van der Waals surface area contributed by atoms with Crippen molar-refractivity contribution in [3.8, 4) is 5.75 Å². The van der Waals surface area contributed by atoms with Gasteiger partial charge in [0.1, 0.15) is 12.3 Å². The molecular formula is C36H43N5O5. The summed E-state index contributed by atoms with van der Waals surface area (Å²) in [6.45, 7) is 2.63. The first kappa shape index (κ1) is 32.5. The lowest BCUT2D eigenvalue weighted by molar-refractivity contribution is -0.143. The molecular weight excluding hydrogens is 582 g/mol. The van der Waals surface area contributed by atoms with Gasteiger partial charge in [0.25, 0.3) is 0 Å². The van der Waals surface area contributed by atoms with Crippen molar-refractivity contribution >= 4 is 40.9 Å². The van der Waals surface area contributed by atoms with E-state index in [0.29, 0.717) is 54.8 Å². The number of esters is 1. The lowest BCUT2D eigenvalue weighted by atomic mass is 9.94. The van der Waals surface area contributed by atoms with Gasteiger partial charge >= 0.3 is 12.0 Å². The van der Waals surface area contributed by atoms with E-state index in [9.17, 15) is 14.4 Å². The van der Waals surface area contributed by atoms with Crippen molar-refractivity contribution < 1.29 is 23.9 Å². The molecule has 3 aromatic carbocycles. The molecule has 46 heavy (non-hydrogen) atoms. The summed E-state index contributed by atoms with van der Waals surface area (Å²) < 4.78 is 11.2. The van der Waals surface area contributed by atoms with Crippen LogP contribution in [0.4, 0.5) is 21.9 Å². The van der Waals surface area contributed by atoms with Gasteiger partial charge in [0.05, 0.1) is 30.3 Å². The van der Waals surface area contributed by atoms with E-state index in [1.54, 1.807) is 16.7 Å². The van der Waals surface area contributed by atoms with Crippen LogP contribution in [0, 0.1) is 0 Å². The molecule has 0 aromatic heterocycles. The van der Waals surface area contributed by atoms with Crippen LogP contribution < -0.4 is 15.0 Å². The minimum atomic E-state index is -0.425. The fraction of sp³-hybridized carbons (Fsp3) is 0.389. The summed E-state index contributed by atoms with van der Waals surface area (Å²) in [4.78, 5) is 49.0. The second-order valence-corrected chi connectivity index (χ2v) is 11.6. The van der Waals surface area contributed by atoms with Crippen molar-refractivity contribution in [1.82, 2.24) is 15.1 Å². The predicted molar refractivity (Wildman–Crippen MR) is 179 cm³/mol. The predicted octanol–water partition coefficient (Wildman–Crippen LogP) is 6.55. The number of amides is 3. The molecule has 0 bridgehead atoms. The number of rotatable bonds is 11. The number of benzene rings is 3. The highest BCUT2D eigenvalue weighted by Gasteiger charge is 2.27. The molecule has 0 unspecified atom stereocenters. The van der Waals surface area contributed by atoms with Crippen LogP contribution >= 0.6 is 0 Å². The number of guanidine groups is 1. The van der Waals surface area contributed by atoms with Gasteiger partial charge in [0, 0.05) is 31.6 Å². The van der Waals surface area contributed by atoms with Crippen LogP contribution in [0.15, 0.2) is 83.9 Å². The van der Waals surface area contributed by atoms with Crippen LogP contribution in [-0.4, -0.2) is 66.5 Å². The smallest absolute Gasteiger partial charge is 0.333 e. The number of urea groups is 1. The van der Waals surface area contributed by atoms with Crippen molar-refractivity contribution in [3.05, 3.63) is 84.4 Å². The number of aliphatic imine (C=N–C) groups is 1. The maximum atomic E-state index is 13.8. The molecule has 1 fully saturated rings. The Bertz CT molecular complexity index is 1470. The molecule has 0 saturated heterocycles. The van der Waals surface area contributed by atoms with Gasteiger partial charge in [-0.25, -0.2) is 9.79 Å². The van der Waals surface area contributed by atoms with Crippen molar-refractivity contribution in [2.75, 3.05) is 31.7 Å². The van der Waals surface area contributed by atoms with E-state index in [0.717, 1.165) is 18.4 Å². The van der Waals surface area contributed by atoms with E-state index in [1.807, 2.05) is 90.8 Å². The maximum absolute atomic E-state index is 13.8. The topological polar surface area (TPSA) is 104 Å². The zero-order chi connectivity index (χ0) is 32.3. The molecule has 2 aliphatic rings. The molecule has 3 aromatic rings. The quantitative estimate of drug-likeness (QED) is 0.192. The summed E-state index contributed by atoms with van der Waals surface area (Å²) in [7, 11) is 1.92. The number of carbonyl (C=O) groups is 3. The first-order valence-electron chi connectivity index (χ1n) is 16.1. The summed E-state index contributed by atoms with van der Waals surface area (Å²) in [6, 6.07) is 24.2. The highest BCUT2D eigenvalue weighted by molar-refractivity contribution is 6.09. The number of ether oxygens (including phenoxy) is 2. The molecule has 0 atom stereocenters. The van der Waals surface area contributed by atoms with Crippen LogP contribution in [0.3, 0.4) is 0 Å². The van der Waals surface area contributed by atoms with E-state index in [2.05, 4.69) is 5.32 Å². The van der Waals surface area contributed by atoms with Crippen molar-refractivity contribution in [2.45, 2.75) is 64.5 Å². The molecule has 1 heterocycles. The number of hydrogen-bond acceptors (Lipinski definition) is 7. The summed E-state index contributed by atoms with van der Waals surface area (Å²) in [6.07, 6.45) is 6.89. The van der Waals surface area contributed by atoms with E-state index < -0.39 is 12.0 Å². The molecule has 3 amide bonds. The average Bonchev–Trinajstić information content (AvgIpc) is 3.08. The monoisotopic (exact) mass is 625 g/mol. The SMILES string of the molecule is CCOC(=O)CN1Cc2cc(OCCCC(=O)N(C)C3CCCCC3)ccc2N=C1NC(=O)N(c1ccccc1)c1ccccc1. The third-order valence-corrected chi connectivity index (χ3v) is 8.33. The third kappa shape index (κ3) is 8.44. The van der Waals surface area contributed by atoms with Crippen molar-refractivity contribution in [3.63, 3.8) is 0 Å². The van der Waals surface area contributed by atoms with Crippen LogP contribution in [-0.2, 0) is 20.9 Å². The molecule has 242 valence electrons. The van der Waals surface area contributed by atoms with Crippen molar-refractivity contribution in [2.24, 2.45) is 4.99 Å². The Hall–Kier alpha value is -4.86. The molecule has 5 rings (SSSR count). The van der Waals surface area contributed by atoms with E-state index >= 15 is 0 Å². The molecule has 10 heteroatoms. The van der Waals surface area contributed by atoms with Gasteiger partial charge in [-0.2, -0.15) is 0 Å². The Morgan fingerprint density at radius 1 is 0.935 bits per heavy atom. The Kier molecular flexibility index (Phi) is 11.3. The number of fused-ring (bicyclic) bond motifs is 1. The molecule has 1 aliphatic heterocycles. The number of nitrogens with zero attached hydrogens (tertiary/aromatic N) is 4. The highest BCUT2D eigenvalue weighted by atomic mass is 16.5. The van der Waals surface area contributed by atoms with E-state index in [4.69, 9.17) is 14.5 Å². The highest BCUT2D eigenvalue weighted by Crippen LogP contribution is 2.31. The lowest BCUT2D eigenvalue weighted by Crippen LogP contribution is -2.50. The third-order valence-electron chi connectivity index (χ3n) is 8.33. The summed E-state index contributed by atoms with van der Waals surface area (Å²) in [5.74, 6) is 0.644. The first-order valence-corrected chi connectivity index (χ1v) is 16.1. The van der Waals surface area contributed by atoms with Gasteiger partial charge < -0.3 is 19.3 Å². The lowest BCUT2D eigenvalue weighted by Gasteiger charge is -2.31. The molecule has 0 radical (unpaired) electrons. The van der Waals surface area contributed by atoms with Gasteiger partial charge in [0.15, 0.2) is 0 Å². The standard InChI is InChI=1S/C36H43N5O5/c1-3-45-34(43)26-40-25-27-24-31(46-23-13-20-33(42)39(2)28-14-7-4-8-15-28)21-22-32(27)37-35(40)38-36(44)41(29-16-9-5-10-17-29)30-18-11-6-12-19-30/h5-6,9-12,16-19,21-22,24,28H,3-4,7-8,13-15,20,23,25-26H2,1-2H3,(H,37,38,44). The molecule has 1 N–H and O–H groups in total. The zero-order valence-electron chi connectivity index (χ0n) is 26.7. The second kappa shape index (κ2) is 15.9. The number of para-hydroxylation sites is 2. The van der Waals surface area contributed by atoms with Crippen LogP contribution in [0.25, 0.3) is 0 Å². The van der Waals surface area contributed by atoms with E-state index in [-0.39, 0.29) is 25.0 Å². The minimum absolute atomic E-state index is 0.0925. The summed E-state index contributed by atoms with van der Waals surface area (Å²) in [5, 5.41) is 2.94. The molecule has 1 saturated carbocycles. The maximum Gasteiger partial charge on any atom is 0.333 e. The normalized spacial score (nSPS) is 14.5. The Morgan fingerprint density at radius 3 is 2.26 bits per heavy atom. The second-order valence-electron chi connectivity index (χ2n) is 11.6. The van der Waals surface area contributed by atoms with Gasteiger partial charge in [-0.05, 0) is 68.7 Å². The van der Waals surface area contributed by atoms with Crippen molar-refractivity contribution in [1.29, 1.82) is 0 Å². The fourth-order valence-electron chi connectivity index (χ4n) is 5.90. The van der Waals surface area contributed by atoms with E-state index in [1.165, 1.54) is 19.3 Å². The van der Waals surface area contributed by atoms with Crippen LogP contribution in [0.5, 0.6) is 5.75 Å². The minimum Gasteiger partial charge on any atom is -0.494 e. The van der Waals surface area contributed by atoms with Crippen LogP contribution in [0.1, 0.15) is 57.4 Å². The van der Waals surface area contributed by atoms with Crippen LogP contribution in [0.2, 0.25) is 0 Å². The van der Waals surface area contributed by atoms with Gasteiger partial charge in [0.2, 0.25) is 11.9 Å². The molecule has 0 spiro atoms. The van der Waals surface area contributed by atoms with Gasteiger partial charge in [-0.15, -0.1) is 0 Å². The number of carbonyl (C=O) groups excluding carboxylic acids is 3. The Balaban J connectivity index is 1.28. The van der Waals surface area contributed by atoms with Gasteiger partial charge in [-0.1, -0.05) is 55.7 Å². The van der Waals surface area contributed by atoms with Gasteiger partial charge in [-0.3, -0.25) is 19.8 Å². The molecule has 1 aliphatic carbocycles. The summed E-state index contributed by atoms with van der Waals surface area (Å²) >= 11 is 0. The average molecular weight is 626 g/mol. The number of hydrogen-bond donors (Lipinski definition) is 1.